The zero-order valence-electron chi connectivity index (χ0n) is 12.0. The number of hydrogen-bond donors (Lipinski definition) is 2. The molecule has 0 bridgehead atoms. The number of hydrogen-bond acceptors (Lipinski definition) is 3. The molecule has 3 N–H and O–H groups in total. The second-order valence-electron chi connectivity index (χ2n) is 4.83. The van der Waals surface area contributed by atoms with E-state index in [-0.39, 0.29) is 0 Å². The number of nitrogens with one attached hydrogen (secondary N) is 1. The maximum absolute atomic E-state index is 6.10. The topological polar surface area (TPSA) is 47.3 Å². The van der Waals surface area contributed by atoms with Gasteiger partial charge in [-0.3, -0.25) is 0 Å². The molecule has 0 unspecified atom stereocenters. The fraction of sp³-hybridized carbons (Fsp3) is 0.294. The van der Waals surface area contributed by atoms with E-state index < -0.39 is 0 Å². The zero-order valence-corrected chi connectivity index (χ0v) is 12.8. The maximum atomic E-state index is 6.10. The maximum Gasteiger partial charge on any atom is 0.119 e. The lowest BCUT2D eigenvalue weighted by atomic mass is 10.2. The van der Waals surface area contributed by atoms with Crippen LogP contribution in [0.15, 0.2) is 48.5 Å². The lowest BCUT2D eigenvalue weighted by molar-refractivity contribution is 0.306. The first-order chi connectivity index (χ1) is 10.3. The molecule has 0 aliphatic carbocycles. The van der Waals surface area contributed by atoms with Crippen molar-refractivity contribution in [3.8, 4) is 5.75 Å². The van der Waals surface area contributed by atoms with Crippen LogP contribution in [0.25, 0.3) is 0 Å². The van der Waals surface area contributed by atoms with Crippen molar-refractivity contribution in [2.24, 2.45) is 5.73 Å². The molecule has 112 valence electrons. The van der Waals surface area contributed by atoms with E-state index in [4.69, 9.17) is 22.1 Å². The van der Waals surface area contributed by atoms with Gasteiger partial charge in [-0.05, 0) is 49.7 Å². The van der Waals surface area contributed by atoms with Gasteiger partial charge in [0, 0.05) is 22.8 Å². The Balaban J connectivity index is 1.81. The first kappa shape index (κ1) is 15.7. The van der Waals surface area contributed by atoms with Crippen LogP contribution >= 0.6 is 11.6 Å². The molecule has 0 saturated heterocycles. The van der Waals surface area contributed by atoms with Crippen LogP contribution in [-0.4, -0.2) is 13.1 Å². The van der Waals surface area contributed by atoms with Crippen molar-refractivity contribution in [2.75, 3.05) is 18.4 Å². The third-order valence-corrected chi connectivity index (χ3v) is 3.54. The lowest BCUT2D eigenvalue weighted by Crippen LogP contribution is -2.05. The minimum atomic E-state index is 0.475. The summed E-state index contributed by atoms with van der Waals surface area (Å²) in [5, 5.41) is 4.09. The van der Waals surface area contributed by atoms with Crippen molar-refractivity contribution in [1.29, 1.82) is 0 Å². The molecule has 0 heterocycles. The number of anilines is 1. The summed E-state index contributed by atoms with van der Waals surface area (Å²) in [6.45, 7) is 2.16. The van der Waals surface area contributed by atoms with Crippen LogP contribution in [0, 0.1) is 0 Å². The van der Waals surface area contributed by atoms with E-state index in [1.165, 1.54) is 0 Å². The van der Waals surface area contributed by atoms with Gasteiger partial charge in [0.15, 0.2) is 0 Å². The Bertz CT molecular complexity index is 543. The van der Waals surface area contributed by atoms with Crippen LogP contribution in [0.5, 0.6) is 5.75 Å². The monoisotopic (exact) mass is 304 g/mol. The smallest absolute Gasteiger partial charge is 0.119 e. The molecule has 21 heavy (non-hydrogen) atoms. The molecule has 4 heteroatoms. The first-order valence-electron chi connectivity index (χ1n) is 7.20. The average molecular weight is 305 g/mol. The Morgan fingerprint density at radius 2 is 1.76 bits per heavy atom. The highest BCUT2D eigenvalue weighted by atomic mass is 35.5. The Morgan fingerprint density at radius 1 is 1.00 bits per heavy atom. The molecule has 2 rings (SSSR count). The minimum Gasteiger partial charge on any atom is -0.489 e. The predicted octanol–water partition coefficient (Wildman–Crippen LogP) is 4.07. The van der Waals surface area contributed by atoms with Crippen LogP contribution < -0.4 is 15.8 Å². The van der Waals surface area contributed by atoms with Crippen molar-refractivity contribution >= 4 is 17.3 Å². The Kier molecular flexibility index (Phi) is 6.38. The van der Waals surface area contributed by atoms with E-state index in [0.717, 1.165) is 48.0 Å². The number of benzene rings is 2. The van der Waals surface area contributed by atoms with Crippen LogP contribution in [0.2, 0.25) is 5.02 Å². The third kappa shape index (κ3) is 5.29. The van der Waals surface area contributed by atoms with E-state index in [9.17, 15) is 0 Å². The highest BCUT2D eigenvalue weighted by molar-refractivity contribution is 6.31. The van der Waals surface area contributed by atoms with Gasteiger partial charge in [0.25, 0.3) is 0 Å². The van der Waals surface area contributed by atoms with Crippen LogP contribution in [-0.2, 0) is 6.61 Å². The standard InChI is InChI=1S/C17H21ClN2O/c18-17-6-2-1-5-14(17)13-21-16-9-7-15(8-10-16)20-12-4-3-11-19/h1-2,5-10,20H,3-4,11-13,19H2. The summed E-state index contributed by atoms with van der Waals surface area (Å²) in [7, 11) is 0. The lowest BCUT2D eigenvalue weighted by Gasteiger charge is -2.09. The van der Waals surface area contributed by atoms with E-state index >= 15 is 0 Å². The van der Waals surface area contributed by atoms with Gasteiger partial charge in [0.2, 0.25) is 0 Å². The average Bonchev–Trinajstić information content (AvgIpc) is 2.52. The molecule has 0 aromatic heterocycles. The summed E-state index contributed by atoms with van der Waals surface area (Å²) in [6.07, 6.45) is 2.13. The van der Waals surface area contributed by atoms with E-state index in [1.807, 2.05) is 48.5 Å². The van der Waals surface area contributed by atoms with Gasteiger partial charge in [0.05, 0.1) is 0 Å². The summed E-state index contributed by atoms with van der Waals surface area (Å²) in [5.74, 6) is 0.836. The molecule has 0 radical (unpaired) electrons. The number of rotatable bonds is 8. The molecule has 2 aromatic carbocycles. The molecule has 0 saturated carbocycles. The molecular weight excluding hydrogens is 284 g/mol. The second kappa shape index (κ2) is 8.55. The second-order valence-corrected chi connectivity index (χ2v) is 5.23. The molecule has 3 nitrogen and oxygen atoms in total. The molecule has 0 aliphatic heterocycles. The SMILES string of the molecule is NCCCCNc1ccc(OCc2ccccc2Cl)cc1. The molecule has 0 atom stereocenters. The Labute approximate surface area is 131 Å². The molecule has 0 amide bonds. The van der Waals surface area contributed by atoms with Crippen molar-refractivity contribution in [1.82, 2.24) is 0 Å². The number of unbranched alkanes of at least 4 members (excludes halogenated alkanes) is 1. The number of halogens is 1. The van der Waals surface area contributed by atoms with Crippen molar-refractivity contribution in [2.45, 2.75) is 19.4 Å². The summed E-state index contributed by atoms with van der Waals surface area (Å²) in [4.78, 5) is 0. The van der Waals surface area contributed by atoms with Crippen LogP contribution in [0.4, 0.5) is 5.69 Å². The zero-order chi connectivity index (χ0) is 14.9. The van der Waals surface area contributed by atoms with Gasteiger partial charge in [-0.15, -0.1) is 0 Å². The number of ether oxygens (including phenoxy) is 1. The van der Waals surface area contributed by atoms with Gasteiger partial charge < -0.3 is 15.8 Å². The quantitative estimate of drug-likeness (QED) is 0.723. The normalized spacial score (nSPS) is 10.4. The van der Waals surface area contributed by atoms with Gasteiger partial charge in [0.1, 0.15) is 12.4 Å². The van der Waals surface area contributed by atoms with E-state index in [1.54, 1.807) is 0 Å². The summed E-state index contributed by atoms with van der Waals surface area (Å²) in [5.41, 5.74) is 7.55. The van der Waals surface area contributed by atoms with Gasteiger partial charge in [-0.25, -0.2) is 0 Å². The minimum absolute atomic E-state index is 0.475. The van der Waals surface area contributed by atoms with Crippen molar-refractivity contribution in [3.63, 3.8) is 0 Å². The largest absolute Gasteiger partial charge is 0.489 e. The highest BCUT2D eigenvalue weighted by Gasteiger charge is 2.00. The molecule has 0 spiro atoms. The molecule has 2 aromatic rings. The van der Waals surface area contributed by atoms with Crippen molar-refractivity contribution in [3.05, 3.63) is 59.1 Å². The van der Waals surface area contributed by atoms with Crippen molar-refractivity contribution < 1.29 is 4.74 Å². The Morgan fingerprint density at radius 3 is 2.48 bits per heavy atom. The fourth-order valence-electron chi connectivity index (χ4n) is 1.95. The molecular formula is C17H21ClN2O. The fourth-order valence-corrected chi connectivity index (χ4v) is 2.14. The summed E-state index contributed by atoms with van der Waals surface area (Å²) < 4.78 is 5.74. The molecule has 0 fully saturated rings. The van der Waals surface area contributed by atoms with E-state index in [0.29, 0.717) is 6.61 Å². The molecule has 0 aliphatic rings. The highest BCUT2D eigenvalue weighted by Crippen LogP contribution is 2.20. The van der Waals surface area contributed by atoms with Gasteiger partial charge in [-0.1, -0.05) is 29.8 Å². The Hall–Kier alpha value is -1.71. The van der Waals surface area contributed by atoms with E-state index in [2.05, 4.69) is 5.32 Å². The first-order valence-corrected chi connectivity index (χ1v) is 7.57. The number of nitrogens with two attached hydrogens (primary N) is 1. The summed E-state index contributed by atoms with van der Waals surface area (Å²) >= 11 is 6.10. The van der Waals surface area contributed by atoms with Gasteiger partial charge >= 0.3 is 0 Å². The predicted molar refractivity (Wildman–Crippen MR) is 89.0 cm³/mol. The third-order valence-electron chi connectivity index (χ3n) is 3.17. The van der Waals surface area contributed by atoms with Crippen LogP contribution in [0.3, 0.4) is 0 Å². The van der Waals surface area contributed by atoms with Crippen LogP contribution in [0.1, 0.15) is 18.4 Å². The summed E-state index contributed by atoms with van der Waals surface area (Å²) in [6, 6.07) is 15.7. The van der Waals surface area contributed by atoms with Gasteiger partial charge in [-0.2, -0.15) is 0 Å².